The second-order valence-corrected chi connectivity index (χ2v) is 4.50. The van der Waals surface area contributed by atoms with Crippen molar-refractivity contribution in [2.75, 3.05) is 12.4 Å². The lowest BCUT2D eigenvalue weighted by Gasteiger charge is -2.25. The summed E-state index contributed by atoms with van der Waals surface area (Å²) in [5.41, 5.74) is -0.963. The van der Waals surface area contributed by atoms with Crippen LogP contribution in [0.15, 0.2) is 12.4 Å². The maximum atomic E-state index is 11.4. The molecular weight excluding hydrogens is 250 g/mol. The van der Waals surface area contributed by atoms with Gasteiger partial charge < -0.3 is 15.2 Å². The van der Waals surface area contributed by atoms with Gasteiger partial charge in [0.05, 0.1) is 19.5 Å². The Kier molecular flexibility index (Phi) is 3.64. The van der Waals surface area contributed by atoms with Gasteiger partial charge in [-0.2, -0.15) is 0 Å². The van der Waals surface area contributed by atoms with Crippen LogP contribution in [0.25, 0.3) is 0 Å². The molecular formula is C12H15N3O4. The number of aliphatic carboxylic acids is 1. The standard InChI is InChI=1S/C12H15N3O4/c1-19-10(16)8-6-13-7-9(14-8)15-12(11(17)18)4-2-3-5-12/h6-7H,2-5H2,1H3,(H,14,15)(H,17,18). The minimum Gasteiger partial charge on any atom is -0.480 e. The maximum Gasteiger partial charge on any atom is 0.358 e. The zero-order valence-electron chi connectivity index (χ0n) is 10.5. The maximum absolute atomic E-state index is 11.4. The lowest BCUT2D eigenvalue weighted by Crippen LogP contribution is -2.44. The number of hydrogen-bond acceptors (Lipinski definition) is 6. The Labute approximate surface area is 110 Å². The van der Waals surface area contributed by atoms with Crippen LogP contribution in [0.4, 0.5) is 5.82 Å². The van der Waals surface area contributed by atoms with Gasteiger partial charge in [-0.1, -0.05) is 12.8 Å². The lowest BCUT2D eigenvalue weighted by atomic mass is 9.98. The number of aromatic nitrogens is 2. The SMILES string of the molecule is COC(=O)c1cncc(NC2(C(=O)O)CCCC2)n1. The Balaban J connectivity index is 2.23. The molecule has 1 aromatic heterocycles. The number of rotatable bonds is 4. The van der Waals surface area contributed by atoms with Crippen molar-refractivity contribution in [3.8, 4) is 0 Å². The number of nitrogens with one attached hydrogen (secondary N) is 1. The highest BCUT2D eigenvalue weighted by Crippen LogP contribution is 2.32. The summed E-state index contributed by atoms with van der Waals surface area (Å²) in [5.74, 6) is -1.24. The zero-order valence-corrected chi connectivity index (χ0v) is 10.5. The van der Waals surface area contributed by atoms with Crippen molar-refractivity contribution >= 4 is 17.8 Å². The molecule has 0 bridgehead atoms. The first-order valence-electron chi connectivity index (χ1n) is 5.99. The largest absolute Gasteiger partial charge is 0.480 e. The second kappa shape index (κ2) is 5.21. The number of carbonyl (C=O) groups is 2. The first kappa shape index (κ1) is 13.3. The van der Waals surface area contributed by atoms with Crippen molar-refractivity contribution in [1.82, 2.24) is 9.97 Å². The van der Waals surface area contributed by atoms with Gasteiger partial charge in [0.25, 0.3) is 0 Å². The summed E-state index contributed by atoms with van der Waals surface area (Å²) < 4.78 is 4.55. The van der Waals surface area contributed by atoms with E-state index in [-0.39, 0.29) is 11.5 Å². The molecule has 2 rings (SSSR count). The molecule has 1 aliphatic rings. The predicted octanol–water partition coefficient (Wildman–Crippen LogP) is 1.07. The number of esters is 1. The fourth-order valence-corrected chi connectivity index (χ4v) is 2.25. The summed E-state index contributed by atoms with van der Waals surface area (Å²) in [4.78, 5) is 30.6. The molecule has 0 unspecified atom stereocenters. The lowest BCUT2D eigenvalue weighted by molar-refractivity contribution is -0.142. The van der Waals surface area contributed by atoms with E-state index >= 15 is 0 Å². The van der Waals surface area contributed by atoms with E-state index in [2.05, 4.69) is 20.0 Å². The minimum absolute atomic E-state index is 0.0473. The molecule has 0 saturated heterocycles. The summed E-state index contributed by atoms with van der Waals surface area (Å²) >= 11 is 0. The smallest absolute Gasteiger partial charge is 0.358 e. The van der Waals surface area contributed by atoms with Crippen LogP contribution < -0.4 is 5.32 Å². The first-order chi connectivity index (χ1) is 9.07. The third kappa shape index (κ3) is 2.64. The number of anilines is 1. The second-order valence-electron chi connectivity index (χ2n) is 4.50. The normalized spacial score (nSPS) is 16.9. The van der Waals surface area contributed by atoms with Crippen molar-refractivity contribution in [1.29, 1.82) is 0 Å². The molecule has 1 saturated carbocycles. The van der Waals surface area contributed by atoms with Crippen LogP contribution >= 0.6 is 0 Å². The summed E-state index contributed by atoms with van der Waals surface area (Å²) in [6.07, 6.45) is 5.44. The first-order valence-corrected chi connectivity index (χ1v) is 5.99. The van der Waals surface area contributed by atoms with E-state index in [1.54, 1.807) is 0 Å². The van der Waals surface area contributed by atoms with Crippen molar-refractivity contribution in [3.05, 3.63) is 18.1 Å². The van der Waals surface area contributed by atoms with Crippen LogP contribution in [0.2, 0.25) is 0 Å². The Bertz CT molecular complexity index is 498. The Morgan fingerprint density at radius 1 is 1.37 bits per heavy atom. The number of methoxy groups -OCH3 is 1. The van der Waals surface area contributed by atoms with Gasteiger partial charge in [-0.3, -0.25) is 4.98 Å². The fraction of sp³-hybridized carbons (Fsp3) is 0.500. The zero-order chi connectivity index (χ0) is 13.9. The number of ether oxygens (including phenoxy) is 1. The van der Waals surface area contributed by atoms with Crippen LogP contribution in [0.5, 0.6) is 0 Å². The van der Waals surface area contributed by atoms with Gasteiger partial charge in [0.15, 0.2) is 5.69 Å². The van der Waals surface area contributed by atoms with Crippen LogP contribution in [0.3, 0.4) is 0 Å². The van der Waals surface area contributed by atoms with Crippen molar-refractivity contribution in [2.24, 2.45) is 0 Å². The molecule has 1 heterocycles. The topological polar surface area (TPSA) is 101 Å². The number of carbonyl (C=O) groups excluding carboxylic acids is 1. The molecule has 0 atom stereocenters. The molecule has 19 heavy (non-hydrogen) atoms. The van der Waals surface area contributed by atoms with Crippen molar-refractivity contribution < 1.29 is 19.4 Å². The number of hydrogen-bond donors (Lipinski definition) is 2. The molecule has 7 nitrogen and oxygen atoms in total. The molecule has 0 radical (unpaired) electrons. The molecule has 102 valence electrons. The number of nitrogens with zero attached hydrogens (tertiary/aromatic N) is 2. The molecule has 1 aliphatic carbocycles. The molecule has 2 N–H and O–H groups in total. The summed E-state index contributed by atoms with van der Waals surface area (Å²) in [6.45, 7) is 0. The van der Waals surface area contributed by atoms with E-state index in [4.69, 9.17) is 0 Å². The monoisotopic (exact) mass is 265 g/mol. The molecule has 1 fully saturated rings. The highest BCUT2D eigenvalue weighted by molar-refractivity contribution is 5.87. The summed E-state index contributed by atoms with van der Waals surface area (Å²) in [5, 5.41) is 12.2. The van der Waals surface area contributed by atoms with Crippen LogP contribution in [-0.4, -0.2) is 39.7 Å². The Hall–Kier alpha value is -2.18. The fourth-order valence-electron chi connectivity index (χ4n) is 2.25. The van der Waals surface area contributed by atoms with Gasteiger partial charge >= 0.3 is 11.9 Å². The molecule has 7 heteroatoms. The predicted molar refractivity (Wildman–Crippen MR) is 65.8 cm³/mol. The quantitative estimate of drug-likeness (QED) is 0.785. The van der Waals surface area contributed by atoms with Gasteiger partial charge in [0, 0.05) is 0 Å². The molecule has 0 aliphatic heterocycles. The molecule has 0 amide bonds. The number of carboxylic acid groups (broad SMARTS) is 1. The minimum atomic E-state index is -1.01. The van der Waals surface area contributed by atoms with Crippen LogP contribution in [0.1, 0.15) is 36.2 Å². The molecule has 1 aromatic rings. The van der Waals surface area contributed by atoms with Crippen LogP contribution in [0, 0.1) is 0 Å². The van der Waals surface area contributed by atoms with Gasteiger partial charge in [-0.15, -0.1) is 0 Å². The highest BCUT2D eigenvalue weighted by atomic mass is 16.5. The molecule has 0 aromatic carbocycles. The van der Waals surface area contributed by atoms with Gasteiger partial charge in [-0.25, -0.2) is 14.6 Å². The van der Waals surface area contributed by atoms with E-state index in [1.807, 2.05) is 0 Å². The van der Waals surface area contributed by atoms with Gasteiger partial charge in [-0.05, 0) is 12.8 Å². The van der Waals surface area contributed by atoms with Crippen molar-refractivity contribution in [3.63, 3.8) is 0 Å². The summed E-state index contributed by atoms with van der Waals surface area (Å²) in [6, 6.07) is 0. The average Bonchev–Trinajstić information content (AvgIpc) is 2.88. The Morgan fingerprint density at radius 2 is 2.05 bits per heavy atom. The van der Waals surface area contributed by atoms with E-state index in [9.17, 15) is 14.7 Å². The van der Waals surface area contributed by atoms with E-state index in [0.717, 1.165) is 12.8 Å². The average molecular weight is 265 g/mol. The summed E-state index contributed by atoms with van der Waals surface area (Å²) in [7, 11) is 1.25. The Morgan fingerprint density at radius 3 is 2.63 bits per heavy atom. The third-order valence-corrected chi connectivity index (χ3v) is 3.26. The van der Waals surface area contributed by atoms with E-state index in [1.165, 1.54) is 19.5 Å². The van der Waals surface area contributed by atoms with Gasteiger partial charge in [0.1, 0.15) is 11.4 Å². The van der Waals surface area contributed by atoms with Gasteiger partial charge in [0.2, 0.25) is 0 Å². The highest BCUT2D eigenvalue weighted by Gasteiger charge is 2.41. The van der Waals surface area contributed by atoms with Crippen LogP contribution in [-0.2, 0) is 9.53 Å². The van der Waals surface area contributed by atoms with Crippen molar-refractivity contribution in [2.45, 2.75) is 31.2 Å². The van der Waals surface area contributed by atoms with E-state index < -0.39 is 17.5 Å². The third-order valence-electron chi connectivity index (χ3n) is 3.26. The van der Waals surface area contributed by atoms with E-state index in [0.29, 0.717) is 12.8 Å². The molecule has 0 spiro atoms. The number of carboxylic acids is 1.